The van der Waals surface area contributed by atoms with Gasteiger partial charge < -0.3 is 24.8 Å². The van der Waals surface area contributed by atoms with E-state index in [0.29, 0.717) is 49.1 Å². The van der Waals surface area contributed by atoms with Gasteiger partial charge in [-0.15, -0.1) is 0 Å². The second-order valence-corrected chi connectivity index (χ2v) is 10.5. The third kappa shape index (κ3) is 7.15. The first-order valence-electron chi connectivity index (χ1n) is 11.3. The van der Waals surface area contributed by atoms with E-state index in [1.807, 2.05) is 20.2 Å². The molecule has 0 spiro atoms. The summed E-state index contributed by atoms with van der Waals surface area (Å²) in [6, 6.07) is 12.0. The normalized spacial score (nSPS) is 17.4. The number of rotatable bonds is 13. The number of halogens is 1. The Hall–Kier alpha value is -2.23. The topological polar surface area (TPSA) is 127 Å². The summed E-state index contributed by atoms with van der Waals surface area (Å²) in [5, 5.41) is 10.0. The molecular formula is C24H31ClN4O5S. The first-order valence-corrected chi connectivity index (χ1v) is 13.1. The molecule has 2 atom stereocenters. The van der Waals surface area contributed by atoms with E-state index in [-0.39, 0.29) is 30.2 Å². The van der Waals surface area contributed by atoms with Gasteiger partial charge in [-0.1, -0.05) is 11.6 Å². The molecule has 35 heavy (non-hydrogen) atoms. The van der Waals surface area contributed by atoms with Gasteiger partial charge in [0.15, 0.2) is 0 Å². The van der Waals surface area contributed by atoms with Crippen LogP contribution >= 0.6 is 11.6 Å². The zero-order chi connectivity index (χ0) is 25.4. The van der Waals surface area contributed by atoms with Crippen LogP contribution in [-0.4, -0.2) is 73.0 Å². The molecule has 0 saturated heterocycles. The van der Waals surface area contributed by atoms with Gasteiger partial charge in [0, 0.05) is 18.1 Å². The largest absolute Gasteiger partial charge is 0.484 e. The van der Waals surface area contributed by atoms with Crippen molar-refractivity contribution < 1.29 is 22.6 Å². The number of likely N-dealkylation sites (N-methyl/N-ethyl adjacent to an activating group) is 1. The molecule has 0 fully saturated rings. The maximum Gasteiger partial charge on any atom is 0.240 e. The molecule has 3 N–H and O–H groups in total. The van der Waals surface area contributed by atoms with Crippen molar-refractivity contribution in [2.24, 2.45) is 5.73 Å². The van der Waals surface area contributed by atoms with E-state index in [0.717, 1.165) is 11.1 Å². The van der Waals surface area contributed by atoms with Crippen LogP contribution in [0.5, 0.6) is 5.75 Å². The first-order chi connectivity index (χ1) is 16.8. The minimum atomic E-state index is -3.69. The van der Waals surface area contributed by atoms with E-state index in [1.54, 1.807) is 18.2 Å². The van der Waals surface area contributed by atoms with Crippen LogP contribution in [0.2, 0.25) is 5.02 Å². The Kier molecular flexibility index (Phi) is 9.89. The molecule has 0 heterocycles. The maximum atomic E-state index is 12.6. The second kappa shape index (κ2) is 12.6. The Labute approximate surface area is 211 Å². The maximum absolute atomic E-state index is 12.6. The molecule has 1 aliphatic carbocycles. The number of ether oxygens (including phenoxy) is 3. The molecule has 0 amide bonds. The minimum Gasteiger partial charge on any atom is -0.484 e. The molecule has 2 aromatic rings. The summed E-state index contributed by atoms with van der Waals surface area (Å²) in [7, 11) is 0.226. The Balaban J connectivity index is 1.63. The van der Waals surface area contributed by atoms with Gasteiger partial charge in [0.25, 0.3) is 0 Å². The van der Waals surface area contributed by atoms with E-state index in [9.17, 15) is 13.7 Å². The van der Waals surface area contributed by atoms with Crippen LogP contribution in [0.4, 0.5) is 0 Å². The summed E-state index contributed by atoms with van der Waals surface area (Å²) in [4.78, 5) is 2.18. The molecular weight excluding hydrogens is 492 g/mol. The van der Waals surface area contributed by atoms with Crippen LogP contribution < -0.4 is 15.2 Å². The molecule has 0 aromatic heterocycles. The molecule has 0 bridgehead atoms. The number of hydrogen-bond acceptors (Lipinski definition) is 8. The van der Waals surface area contributed by atoms with E-state index < -0.39 is 10.0 Å². The Bertz CT molecular complexity index is 1140. The average molecular weight is 523 g/mol. The lowest BCUT2D eigenvalue weighted by Gasteiger charge is -2.27. The summed E-state index contributed by atoms with van der Waals surface area (Å²) in [5.74, 6) is 0.521. The zero-order valence-electron chi connectivity index (χ0n) is 19.9. The SMILES string of the molecule is CN(C)[C@H]1Cc2c(C#N)cc(Cl)cc2[C@@H]1Oc1ccc(S(=O)(=O)NCCOCCOCCN)cc1. The number of hydrogen-bond donors (Lipinski definition) is 2. The van der Waals surface area contributed by atoms with Gasteiger partial charge >= 0.3 is 0 Å². The standard InChI is InChI=1S/C24H31ClN4O5S/c1-29(2)23-15-21-17(16-27)13-18(25)14-22(21)24(23)34-19-3-5-20(6-4-19)35(30,31)28-8-10-33-12-11-32-9-7-26/h3-6,13-14,23-24,28H,7-12,15,26H2,1-2H3/t23-,24-/m0/s1. The fraction of sp³-hybridized carbons (Fsp3) is 0.458. The number of sulfonamides is 1. The van der Waals surface area contributed by atoms with Gasteiger partial charge in [0.2, 0.25) is 10.0 Å². The van der Waals surface area contributed by atoms with E-state index in [4.69, 9.17) is 31.5 Å². The molecule has 0 radical (unpaired) electrons. The predicted molar refractivity (Wildman–Crippen MR) is 133 cm³/mol. The second-order valence-electron chi connectivity index (χ2n) is 8.29. The van der Waals surface area contributed by atoms with Crippen molar-refractivity contribution in [1.29, 1.82) is 5.26 Å². The van der Waals surface area contributed by atoms with Crippen LogP contribution in [0, 0.1) is 11.3 Å². The Morgan fingerprint density at radius 3 is 2.46 bits per heavy atom. The summed E-state index contributed by atoms with van der Waals surface area (Å²) in [6.07, 6.45) is 0.308. The van der Waals surface area contributed by atoms with Gasteiger partial charge in [-0.05, 0) is 68.0 Å². The van der Waals surface area contributed by atoms with Crippen molar-refractivity contribution in [2.75, 3.05) is 53.6 Å². The van der Waals surface area contributed by atoms with Crippen LogP contribution in [0.25, 0.3) is 0 Å². The molecule has 1 aliphatic rings. The van der Waals surface area contributed by atoms with Crippen molar-refractivity contribution in [3.63, 3.8) is 0 Å². The minimum absolute atomic E-state index is 0.00125. The fourth-order valence-corrected chi connectivity index (χ4v) is 5.18. The number of nitrogens with two attached hydrogens (primary N) is 1. The summed E-state index contributed by atoms with van der Waals surface area (Å²) >= 11 is 6.25. The van der Waals surface area contributed by atoms with E-state index >= 15 is 0 Å². The van der Waals surface area contributed by atoms with Crippen LogP contribution in [0.15, 0.2) is 41.3 Å². The molecule has 0 unspecified atom stereocenters. The number of nitrogens with one attached hydrogen (secondary N) is 1. The van der Waals surface area contributed by atoms with Gasteiger partial charge in [0.05, 0.1) is 49.0 Å². The van der Waals surface area contributed by atoms with Crippen LogP contribution in [0.3, 0.4) is 0 Å². The number of nitrogens with zero attached hydrogens (tertiary/aromatic N) is 2. The first kappa shape index (κ1) is 27.4. The highest BCUT2D eigenvalue weighted by Gasteiger charge is 2.37. The van der Waals surface area contributed by atoms with Crippen LogP contribution in [0.1, 0.15) is 22.8 Å². The summed E-state index contributed by atoms with van der Waals surface area (Å²) < 4.78 is 44.5. The molecule has 0 saturated carbocycles. The van der Waals surface area contributed by atoms with Crippen molar-refractivity contribution >= 4 is 21.6 Å². The Morgan fingerprint density at radius 2 is 1.83 bits per heavy atom. The average Bonchev–Trinajstić information content (AvgIpc) is 3.19. The Morgan fingerprint density at radius 1 is 1.14 bits per heavy atom. The van der Waals surface area contributed by atoms with Gasteiger partial charge in [-0.3, -0.25) is 0 Å². The summed E-state index contributed by atoms with van der Waals surface area (Å²) in [6.45, 7) is 2.07. The van der Waals surface area contributed by atoms with Crippen molar-refractivity contribution in [3.8, 4) is 11.8 Å². The highest BCUT2D eigenvalue weighted by Crippen LogP contribution is 2.40. The third-order valence-corrected chi connectivity index (χ3v) is 7.37. The quantitative estimate of drug-likeness (QED) is 0.383. The number of fused-ring (bicyclic) bond motifs is 1. The highest BCUT2D eigenvalue weighted by atomic mass is 35.5. The van der Waals surface area contributed by atoms with Gasteiger partial charge in [-0.25, -0.2) is 13.1 Å². The molecule has 190 valence electrons. The zero-order valence-corrected chi connectivity index (χ0v) is 21.4. The molecule has 3 rings (SSSR count). The van der Waals surface area contributed by atoms with Crippen LogP contribution in [-0.2, 0) is 25.9 Å². The molecule has 11 heteroatoms. The van der Waals surface area contributed by atoms with Crippen molar-refractivity contribution in [2.45, 2.75) is 23.5 Å². The van der Waals surface area contributed by atoms with E-state index in [2.05, 4.69) is 15.7 Å². The van der Waals surface area contributed by atoms with Crippen molar-refractivity contribution in [1.82, 2.24) is 9.62 Å². The lowest BCUT2D eigenvalue weighted by atomic mass is 10.0. The van der Waals surface area contributed by atoms with Crippen molar-refractivity contribution in [3.05, 3.63) is 58.1 Å². The lowest BCUT2D eigenvalue weighted by Crippen LogP contribution is -2.34. The third-order valence-electron chi connectivity index (χ3n) is 5.67. The molecule has 0 aliphatic heterocycles. The highest BCUT2D eigenvalue weighted by molar-refractivity contribution is 7.89. The number of benzene rings is 2. The van der Waals surface area contributed by atoms with E-state index in [1.165, 1.54) is 12.1 Å². The monoisotopic (exact) mass is 522 g/mol. The predicted octanol–water partition coefficient (Wildman–Crippen LogP) is 2.09. The smallest absolute Gasteiger partial charge is 0.240 e. The van der Waals surface area contributed by atoms with Gasteiger partial charge in [-0.2, -0.15) is 5.26 Å². The molecule has 2 aromatic carbocycles. The molecule has 9 nitrogen and oxygen atoms in total. The fourth-order valence-electron chi connectivity index (χ4n) is 3.94. The lowest BCUT2D eigenvalue weighted by molar-refractivity contribution is 0.0530. The summed E-state index contributed by atoms with van der Waals surface area (Å²) in [5.41, 5.74) is 7.68. The number of nitriles is 1. The van der Waals surface area contributed by atoms with Gasteiger partial charge in [0.1, 0.15) is 11.9 Å².